The smallest absolute Gasteiger partial charge is 0.274 e. The summed E-state index contributed by atoms with van der Waals surface area (Å²) in [5.41, 5.74) is 2.10. The van der Waals surface area contributed by atoms with Gasteiger partial charge in [0.2, 0.25) is 0 Å². The van der Waals surface area contributed by atoms with Crippen molar-refractivity contribution >= 4 is 17.3 Å². The second-order valence-corrected chi connectivity index (χ2v) is 5.97. The first-order valence-electron chi connectivity index (χ1n) is 8.51. The van der Waals surface area contributed by atoms with Crippen molar-refractivity contribution in [3.8, 4) is 5.75 Å². The number of anilines is 2. The number of hydrogen-bond acceptors (Lipinski definition) is 4. The minimum atomic E-state index is -0.216. The first-order valence-corrected chi connectivity index (χ1v) is 8.51. The van der Waals surface area contributed by atoms with Crippen LogP contribution in [0.5, 0.6) is 5.75 Å². The van der Waals surface area contributed by atoms with Gasteiger partial charge in [0.05, 0.1) is 18.5 Å². The quantitative estimate of drug-likeness (QED) is 0.840. The lowest BCUT2D eigenvalue weighted by atomic mass is 10.2. The Labute approximate surface area is 142 Å². The molecule has 24 heavy (non-hydrogen) atoms. The molecule has 1 aromatic carbocycles. The van der Waals surface area contributed by atoms with E-state index in [-0.39, 0.29) is 5.91 Å². The zero-order chi connectivity index (χ0) is 16.8. The van der Waals surface area contributed by atoms with Crippen LogP contribution in [-0.4, -0.2) is 23.5 Å². The molecule has 1 heterocycles. The highest BCUT2D eigenvalue weighted by Gasteiger charge is 2.15. The lowest BCUT2D eigenvalue weighted by Crippen LogP contribution is -2.16. The summed E-state index contributed by atoms with van der Waals surface area (Å²) in [4.78, 5) is 16.5. The van der Waals surface area contributed by atoms with E-state index in [1.165, 1.54) is 25.7 Å². The molecule has 2 N–H and O–H groups in total. The molecule has 5 nitrogen and oxygen atoms in total. The Kier molecular flexibility index (Phi) is 5.31. The molecule has 0 atom stereocenters. The molecule has 1 amide bonds. The molecule has 0 unspecified atom stereocenters. The van der Waals surface area contributed by atoms with E-state index in [0.717, 1.165) is 17.1 Å². The summed E-state index contributed by atoms with van der Waals surface area (Å²) in [6, 6.07) is 11.5. The largest absolute Gasteiger partial charge is 0.494 e. The van der Waals surface area contributed by atoms with E-state index < -0.39 is 0 Å². The lowest BCUT2D eigenvalue weighted by Gasteiger charge is -2.13. The van der Waals surface area contributed by atoms with Crippen LogP contribution in [0.4, 0.5) is 11.4 Å². The fourth-order valence-corrected chi connectivity index (χ4v) is 2.92. The topological polar surface area (TPSA) is 63.2 Å². The highest BCUT2D eigenvalue weighted by atomic mass is 16.5. The van der Waals surface area contributed by atoms with Crippen molar-refractivity contribution in [2.75, 3.05) is 17.2 Å². The molecule has 0 radical (unpaired) electrons. The molecular formula is C19H23N3O2. The molecule has 126 valence electrons. The van der Waals surface area contributed by atoms with E-state index in [0.29, 0.717) is 18.3 Å². The Balaban J connectivity index is 1.57. The third kappa shape index (κ3) is 4.25. The van der Waals surface area contributed by atoms with Crippen LogP contribution in [0.2, 0.25) is 0 Å². The van der Waals surface area contributed by atoms with E-state index >= 15 is 0 Å². The molecule has 0 spiro atoms. The Morgan fingerprint density at radius 3 is 2.46 bits per heavy atom. The van der Waals surface area contributed by atoms with E-state index in [2.05, 4.69) is 15.6 Å². The minimum Gasteiger partial charge on any atom is -0.494 e. The van der Waals surface area contributed by atoms with Crippen molar-refractivity contribution in [1.29, 1.82) is 0 Å². The molecule has 3 rings (SSSR count). The molecule has 1 aromatic heterocycles. The number of amides is 1. The third-order valence-electron chi connectivity index (χ3n) is 4.15. The van der Waals surface area contributed by atoms with Crippen LogP contribution in [0.1, 0.15) is 43.1 Å². The fourth-order valence-electron chi connectivity index (χ4n) is 2.92. The van der Waals surface area contributed by atoms with Crippen LogP contribution < -0.4 is 15.4 Å². The van der Waals surface area contributed by atoms with Crippen molar-refractivity contribution < 1.29 is 9.53 Å². The van der Waals surface area contributed by atoms with Gasteiger partial charge in [-0.2, -0.15) is 0 Å². The molecule has 0 saturated heterocycles. The number of ether oxygens (including phenoxy) is 1. The van der Waals surface area contributed by atoms with E-state index in [1.807, 2.05) is 37.3 Å². The van der Waals surface area contributed by atoms with Crippen LogP contribution in [0.25, 0.3) is 0 Å². The second kappa shape index (κ2) is 7.81. The molecular weight excluding hydrogens is 302 g/mol. The maximum atomic E-state index is 12.3. The molecule has 0 aliphatic heterocycles. The zero-order valence-corrected chi connectivity index (χ0v) is 13.9. The van der Waals surface area contributed by atoms with Gasteiger partial charge in [0, 0.05) is 11.7 Å². The molecule has 1 saturated carbocycles. The van der Waals surface area contributed by atoms with Crippen molar-refractivity contribution in [3.63, 3.8) is 0 Å². The summed E-state index contributed by atoms with van der Waals surface area (Å²) in [5.74, 6) is 0.572. The number of aromatic nitrogens is 1. The van der Waals surface area contributed by atoms with Gasteiger partial charge in [-0.3, -0.25) is 4.79 Å². The number of nitrogens with zero attached hydrogens (tertiary/aromatic N) is 1. The SMILES string of the molecule is CCOc1ccc(NC(=O)c2ccc(NC3CCCC3)cn2)cc1. The van der Waals surface area contributed by atoms with Gasteiger partial charge in [0.25, 0.3) is 5.91 Å². The van der Waals surface area contributed by atoms with Gasteiger partial charge in [-0.1, -0.05) is 12.8 Å². The Morgan fingerprint density at radius 2 is 1.83 bits per heavy atom. The first-order chi connectivity index (χ1) is 11.7. The van der Waals surface area contributed by atoms with Gasteiger partial charge >= 0.3 is 0 Å². The monoisotopic (exact) mass is 325 g/mol. The van der Waals surface area contributed by atoms with E-state index in [4.69, 9.17) is 4.74 Å². The molecule has 2 aromatic rings. The number of carbonyl (C=O) groups is 1. The summed E-state index contributed by atoms with van der Waals surface area (Å²) in [7, 11) is 0. The van der Waals surface area contributed by atoms with E-state index in [9.17, 15) is 4.79 Å². The summed E-state index contributed by atoms with van der Waals surface area (Å²) in [5, 5.41) is 6.31. The van der Waals surface area contributed by atoms with Crippen LogP contribution in [0.3, 0.4) is 0 Å². The summed E-state index contributed by atoms with van der Waals surface area (Å²) in [6.07, 6.45) is 6.71. The Morgan fingerprint density at radius 1 is 1.12 bits per heavy atom. The number of rotatable bonds is 6. The van der Waals surface area contributed by atoms with Gasteiger partial charge in [-0.05, 0) is 56.2 Å². The average Bonchev–Trinajstić information content (AvgIpc) is 3.10. The van der Waals surface area contributed by atoms with Gasteiger partial charge in [-0.15, -0.1) is 0 Å². The van der Waals surface area contributed by atoms with Crippen LogP contribution in [-0.2, 0) is 0 Å². The van der Waals surface area contributed by atoms with Crippen LogP contribution in [0.15, 0.2) is 42.6 Å². The summed E-state index contributed by atoms with van der Waals surface area (Å²) < 4.78 is 5.39. The highest BCUT2D eigenvalue weighted by Crippen LogP contribution is 2.22. The Bertz CT molecular complexity index is 662. The average molecular weight is 325 g/mol. The third-order valence-corrected chi connectivity index (χ3v) is 4.15. The van der Waals surface area contributed by atoms with Crippen molar-refractivity contribution in [1.82, 2.24) is 4.98 Å². The minimum absolute atomic E-state index is 0.216. The van der Waals surface area contributed by atoms with Crippen molar-refractivity contribution in [2.24, 2.45) is 0 Å². The molecule has 1 aliphatic carbocycles. The number of benzene rings is 1. The molecule has 5 heteroatoms. The Hall–Kier alpha value is -2.56. The lowest BCUT2D eigenvalue weighted by molar-refractivity contribution is 0.102. The van der Waals surface area contributed by atoms with Gasteiger partial charge in [0.1, 0.15) is 11.4 Å². The van der Waals surface area contributed by atoms with Crippen molar-refractivity contribution in [3.05, 3.63) is 48.3 Å². The highest BCUT2D eigenvalue weighted by molar-refractivity contribution is 6.02. The maximum Gasteiger partial charge on any atom is 0.274 e. The number of carbonyl (C=O) groups excluding carboxylic acids is 1. The number of pyridine rings is 1. The van der Waals surface area contributed by atoms with Crippen LogP contribution >= 0.6 is 0 Å². The van der Waals surface area contributed by atoms with Gasteiger partial charge < -0.3 is 15.4 Å². The van der Waals surface area contributed by atoms with E-state index in [1.54, 1.807) is 12.3 Å². The molecule has 1 fully saturated rings. The predicted octanol–water partition coefficient (Wildman–Crippen LogP) is 4.09. The number of hydrogen-bond donors (Lipinski definition) is 2. The standard InChI is InChI=1S/C19H23N3O2/c1-2-24-17-10-7-15(8-11-17)22-19(23)18-12-9-16(13-20-18)21-14-5-3-4-6-14/h7-14,21H,2-6H2,1H3,(H,22,23). The van der Waals surface area contributed by atoms with Crippen LogP contribution in [0, 0.1) is 0 Å². The van der Waals surface area contributed by atoms with Gasteiger partial charge in [-0.25, -0.2) is 4.98 Å². The normalized spacial score (nSPS) is 14.4. The summed E-state index contributed by atoms with van der Waals surface area (Å²) >= 11 is 0. The van der Waals surface area contributed by atoms with Gasteiger partial charge in [0.15, 0.2) is 0 Å². The second-order valence-electron chi connectivity index (χ2n) is 5.97. The summed E-state index contributed by atoms with van der Waals surface area (Å²) in [6.45, 7) is 2.56. The van der Waals surface area contributed by atoms with Crippen molar-refractivity contribution in [2.45, 2.75) is 38.6 Å². The first kappa shape index (κ1) is 16.3. The maximum absolute atomic E-state index is 12.3. The zero-order valence-electron chi connectivity index (χ0n) is 13.9. The molecule has 0 bridgehead atoms. The predicted molar refractivity (Wildman–Crippen MR) is 95.7 cm³/mol. The number of nitrogens with one attached hydrogen (secondary N) is 2. The molecule has 1 aliphatic rings. The fraction of sp³-hybridized carbons (Fsp3) is 0.368.